The van der Waals surface area contributed by atoms with Crippen LogP contribution in [0.25, 0.3) is 10.9 Å². The quantitative estimate of drug-likeness (QED) is 0.529. The van der Waals surface area contributed by atoms with E-state index in [0.29, 0.717) is 37.6 Å². The first kappa shape index (κ1) is 21.4. The zero-order valence-corrected chi connectivity index (χ0v) is 16.5. The SMILES string of the molecule is O=C(COc1ccnc2cc(C(F)(F)F)ccc12)NNc1nnc(N2CCOCC2)nn1. The van der Waals surface area contributed by atoms with Crippen LogP contribution in [-0.4, -0.2) is 64.2 Å². The van der Waals surface area contributed by atoms with Crippen LogP contribution in [0.1, 0.15) is 5.56 Å². The highest BCUT2D eigenvalue weighted by atomic mass is 19.4. The predicted octanol–water partition coefficient (Wildman–Crippen LogP) is 1.19. The third-order valence-corrected chi connectivity index (χ3v) is 4.46. The van der Waals surface area contributed by atoms with Crippen molar-refractivity contribution in [3.8, 4) is 5.75 Å². The largest absolute Gasteiger partial charge is 0.483 e. The van der Waals surface area contributed by atoms with Gasteiger partial charge >= 0.3 is 6.18 Å². The maximum absolute atomic E-state index is 12.9. The summed E-state index contributed by atoms with van der Waals surface area (Å²) in [4.78, 5) is 17.8. The van der Waals surface area contributed by atoms with E-state index >= 15 is 0 Å². The van der Waals surface area contributed by atoms with Crippen LogP contribution in [0, 0.1) is 0 Å². The Kier molecular flexibility index (Phi) is 6.11. The number of carbonyl (C=O) groups is 1. The molecule has 0 aliphatic carbocycles. The lowest BCUT2D eigenvalue weighted by atomic mass is 10.1. The van der Waals surface area contributed by atoms with Gasteiger partial charge in [-0.05, 0) is 24.3 Å². The number of aromatic nitrogens is 5. The molecule has 14 heteroatoms. The number of carbonyl (C=O) groups excluding carboxylic acids is 1. The van der Waals surface area contributed by atoms with Gasteiger partial charge in [-0.15, -0.1) is 20.4 Å². The molecule has 0 bridgehead atoms. The van der Waals surface area contributed by atoms with Gasteiger partial charge in [0.05, 0.1) is 24.3 Å². The van der Waals surface area contributed by atoms with Gasteiger partial charge in [0.15, 0.2) is 6.61 Å². The summed E-state index contributed by atoms with van der Waals surface area (Å²) in [6.07, 6.45) is -3.18. The van der Waals surface area contributed by atoms with Crippen molar-refractivity contribution in [1.29, 1.82) is 0 Å². The molecule has 4 rings (SSSR count). The van der Waals surface area contributed by atoms with Crippen LogP contribution in [0.5, 0.6) is 5.75 Å². The van der Waals surface area contributed by atoms with Crippen molar-refractivity contribution in [1.82, 2.24) is 30.8 Å². The van der Waals surface area contributed by atoms with E-state index in [0.717, 1.165) is 12.1 Å². The molecule has 3 aromatic rings. The molecule has 0 radical (unpaired) electrons. The lowest BCUT2D eigenvalue weighted by Crippen LogP contribution is -2.38. The van der Waals surface area contributed by atoms with Crippen LogP contribution in [0.3, 0.4) is 0 Å². The van der Waals surface area contributed by atoms with Crippen molar-refractivity contribution in [3.63, 3.8) is 0 Å². The Bertz CT molecular complexity index is 1090. The molecular weight excluding hydrogens is 433 g/mol. The standard InChI is InChI=1S/C18H17F3N8O3/c19-18(20,21)11-1-2-12-13(9-11)22-4-3-14(12)32-10-15(30)23-24-16-25-27-17(28-26-16)29-5-7-31-8-6-29/h1-4,9H,5-8,10H2,(H,23,30)(H,24,25,26). The van der Waals surface area contributed by atoms with Crippen molar-refractivity contribution >= 4 is 28.7 Å². The maximum atomic E-state index is 12.9. The molecule has 2 aromatic heterocycles. The highest BCUT2D eigenvalue weighted by Gasteiger charge is 2.30. The Morgan fingerprint density at radius 1 is 1.12 bits per heavy atom. The van der Waals surface area contributed by atoms with Crippen molar-refractivity contribution in [3.05, 3.63) is 36.0 Å². The van der Waals surface area contributed by atoms with Gasteiger partial charge in [0.2, 0.25) is 0 Å². The predicted molar refractivity (Wildman–Crippen MR) is 105 cm³/mol. The van der Waals surface area contributed by atoms with E-state index in [9.17, 15) is 18.0 Å². The van der Waals surface area contributed by atoms with Crippen LogP contribution in [0.4, 0.5) is 25.1 Å². The van der Waals surface area contributed by atoms with Gasteiger partial charge in [0.25, 0.3) is 17.8 Å². The minimum atomic E-state index is -4.48. The molecule has 1 saturated heterocycles. The summed E-state index contributed by atoms with van der Waals surface area (Å²) < 4.78 is 49.3. The number of alkyl halides is 3. The summed E-state index contributed by atoms with van der Waals surface area (Å²) >= 11 is 0. The van der Waals surface area contributed by atoms with Crippen molar-refractivity contribution in [2.75, 3.05) is 43.2 Å². The number of rotatable bonds is 6. The third kappa shape index (κ3) is 5.08. The number of fused-ring (bicyclic) bond motifs is 1. The van der Waals surface area contributed by atoms with Crippen LogP contribution >= 0.6 is 0 Å². The molecular formula is C18H17F3N8O3. The second-order valence-electron chi connectivity index (χ2n) is 6.62. The Morgan fingerprint density at radius 2 is 1.88 bits per heavy atom. The van der Waals surface area contributed by atoms with Gasteiger partial charge in [0.1, 0.15) is 5.75 Å². The van der Waals surface area contributed by atoms with E-state index in [-0.39, 0.29) is 17.2 Å². The monoisotopic (exact) mass is 450 g/mol. The Morgan fingerprint density at radius 3 is 2.59 bits per heavy atom. The smallest absolute Gasteiger partial charge is 0.416 e. The van der Waals surface area contributed by atoms with Crippen molar-refractivity contribution in [2.45, 2.75) is 6.18 Å². The number of halogens is 3. The van der Waals surface area contributed by atoms with Crippen molar-refractivity contribution in [2.24, 2.45) is 0 Å². The molecule has 1 fully saturated rings. The van der Waals surface area contributed by atoms with Crippen LogP contribution in [-0.2, 0) is 15.7 Å². The molecule has 1 aliphatic rings. The zero-order valence-electron chi connectivity index (χ0n) is 16.5. The van der Waals surface area contributed by atoms with Gasteiger partial charge in [-0.1, -0.05) is 0 Å². The lowest BCUT2D eigenvalue weighted by Gasteiger charge is -2.25. The highest BCUT2D eigenvalue weighted by Crippen LogP contribution is 2.33. The fourth-order valence-corrected chi connectivity index (χ4v) is 2.89. The molecule has 2 N–H and O–H groups in total. The molecule has 168 valence electrons. The number of pyridine rings is 1. The summed E-state index contributed by atoms with van der Waals surface area (Å²) in [6.45, 7) is 1.97. The first-order valence-corrected chi connectivity index (χ1v) is 9.44. The minimum Gasteiger partial charge on any atom is -0.483 e. The molecule has 0 saturated carbocycles. The summed E-state index contributed by atoms with van der Waals surface area (Å²) in [5.41, 5.74) is 4.07. The van der Waals surface area contributed by atoms with Crippen LogP contribution in [0.2, 0.25) is 0 Å². The third-order valence-electron chi connectivity index (χ3n) is 4.46. The lowest BCUT2D eigenvalue weighted by molar-refractivity contribution is -0.137. The number of hydrogen-bond acceptors (Lipinski definition) is 10. The number of hydrazine groups is 1. The topological polar surface area (TPSA) is 127 Å². The second kappa shape index (κ2) is 9.13. The molecule has 11 nitrogen and oxygen atoms in total. The van der Waals surface area contributed by atoms with Gasteiger partial charge in [-0.25, -0.2) is 0 Å². The van der Waals surface area contributed by atoms with Gasteiger partial charge < -0.3 is 14.4 Å². The minimum absolute atomic E-state index is 0.0237. The Labute approximate surface area is 178 Å². The average Bonchev–Trinajstić information content (AvgIpc) is 2.81. The molecule has 0 spiro atoms. The average molecular weight is 450 g/mol. The van der Waals surface area contributed by atoms with E-state index in [1.54, 1.807) is 0 Å². The molecule has 1 amide bonds. The number of morpholine rings is 1. The fraction of sp³-hybridized carbons (Fsp3) is 0.333. The number of ether oxygens (including phenoxy) is 2. The second-order valence-corrected chi connectivity index (χ2v) is 6.62. The highest BCUT2D eigenvalue weighted by molar-refractivity contribution is 5.86. The zero-order chi connectivity index (χ0) is 22.6. The summed E-state index contributed by atoms with van der Waals surface area (Å²) in [6, 6.07) is 4.55. The summed E-state index contributed by atoms with van der Waals surface area (Å²) in [5, 5.41) is 15.9. The summed E-state index contributed by atoms with van der Waals surface area (Å²) in [5.74, 6) is -0.0350. The van der Waals surface area contributed by atoms with Crippen LogP contribution in [0.15, 0.2) is 30.5 Å². The van der Waals surface area contributed by atoms with Gasteiger partial charge in [-0.2, -0.15) is 13.2 Å². The normalized spacial score (nSPS) is 14.3. The Hall–Kier alpha value is -3.81. The Balaban J connectivity index is 1.31. The van der Waals surface area contributed by atoms with E-state index in [1.807, 2.05) is 4.90 Å². The van der Waals surface area contributed by atoms with E-state index in [1.165, 1.54) is 18.3 Å². The van der Waals surface area contributed by atoms with Crippen LogP contribution < -0.4 is 20.5 Å². The molecule has 1 aromatic carbocycles. The molecule has 0 unspecified atom stereocenters. The van der Waals surface area contributed by atoms with Crippen molar-refractivity contribution < 1.29 is 27.4 Å². The molecule has 32 heavy (non-hydrogen) atoms. The van der Waals surface area contributed by atoms with Gasteiger partial charge in [-0.3, -0.25) is 20.6 Å². The maximum Gasteiger partial charge on any atom is 0.416 e. The number of benzene rings is 1. The number of hydrogen-bond donors (Lipinski definition) is 2. The number of amides is 1. The van der Waals surface area contributed by atoms with E-state index in [2.05, 4.69) is 36.2 Å². The molecule has 1 aliphatic heterocycles. The van der Waals surface area contributed by atoms with E-state index < -0.39 is 24.3 Å². The fourth-order valence-electron chi connectivity index (χ4n) is 2.89. The summed E-state index contributed by atoms with van der Waals surface area (Å²) in [7, 11) is 0. The number of nitrogens with one attached hydrogen (secondary N) is 2. The van der Waals surface area contributed by atoms with Gasteiger partial charge in [0, 0.05) is 24.7 Å². The number of anilines is 2. The molecule has 0 atom stereocenters. The van der Waals surface area contributed by atoms with E-state index in [4.69, 9.17) is 9.47 Å². The first-order chi connectivity index (χ1) is 15.4. The first-order valence-electron chi connectivity index (χ1n) is 9.44. The molecule has 3 heterocycles. The number of nitrogens with zero attached hydrogens (tertiary/aromatic N) is 6.